The SMILES string of the molecule is C[N+]1=C=CN=CC(c2ccnc[n+]2I)=C1I. The van der Waals surface area contributed by atoms with Gasteiger partial charge in [-0.3, -0.25) is 0 Å². The van der Waals surface area contributed by atoms with E-state index in [0.717, 1.165) is 15.0 Å². The predicted octanol–water partition coefficient (Wildman–Crippen LogP) is 1.58. The molecule has 1 aliphatic rings. The van der Waals surface area contributed by atoms with E-state index in [-0.39, 0.29) is 0 Å². The van der Waals surface area contributed by atoms with E-state index < -0.39 is 0 Å². The molecule has 0 radical (unpaired) electrons. The molecule has 0 atom stereocenters. The quantitative estimate of drug-likeness (QED) is 0.373. The summed E-state index contributed by atoms with van der Waals surface area (Å²) in [7, 11) is 1.95. The molecule has 0 N–H and O–H groups in total. The molecule has 0 aliphatic carbocycles. The van der Waals surface area contributed by atoms with Crippen LogP contribution < -0.4 is 2.78 Å². The molecular formula is C10H8I2N4+2. The first-order chi connectivity index (χ1) is 7.70. The van der Waals surface area contributed by atoms with E-state index in [1.54, 1.807) is 18.7 Å². The lowest BCUT2D eigenvalue weighted by Gasteiger charge is -1.99. The van der Waals surface area contributed by atoms with Gasteiger partial charge in [-0.2, -0.15) is 2.78 Å². The molecule has 0 aromatic carbocycles. The van der Waals surface area contributed by atoms with Crippen molar-refractivity contribution in [1.29, 1.82) is 0 Å². The van der Waals surface area contributed by atoms with E-state index in [9.17, 15) is 0 Å². The molecule has 6 heteroatoms. The smallest absolute Gasteiger partial charge is 0.249 e. The Bertz CT molecular complexity index is 554. The lowest BCUT2D eigenvalue weighted by molar-refractivity contribution is -0.449. The topological polar surface area (TPSA) is 32.1 Å². The van der Waals surface area contributed by atoms with Crippen LogP contribution in [-0.4, -0.2) is 28.7 Å². The summed E-state index contributed by atoms with van der Waals surface area (Å²) in [6, 6.07) is 1.96. The maximum absolute atomic E-state index is 4.17. The van der Waals surface area contributed by atoms with Gasteiger partial charge in [-0.1, -0.05) is 4.98 Å². The van der Waals surface area contributed by atoms with Crippen molar-refractivity contribution in [3.05, 3.63) is 34.2 Å². The van der Waals surface area contributed by atoms with Crippen LogP contribution in [0, 0.1) is 0 Å². The fourth-order valence-electron chi connectivity index (χ4n) is 1.24. The van der Waals surface area contributed by atoms with Crippen molar-refractivity contribution in [1.82, 2.24) is 4.98 Å². The molecule has 0 amide bonds. The molecule has 0 spiro atoms. The fraction of sp³-hybridized carbons (Fsp3) is 0.100. The lowest BCUT2D eigenvalue weighted by Crippen LogP contribution is -2.26. The lowest BCUT2D eigenvalue weighted by atomic mass is 10.2. The van der Waals surface area contributed by atoms with E-state index in [1.807, 2.05) is 26.7 Å². The minimum absolute atomic E-state index is 1.06. The molecule has 16 heavy (non-hydrogen) atoms. The van der Waals surface area contributed by atoms with Crippen molar-refractivity contribution >= 4 is 63.1 Å². The molecule has 0 saturated carbocycles. The first kappa shape index (κ1) is 11.9. The standard InChI is InChI=1S/C10H8I2N4/c1-15-5-4-13-6-8(10(15)11)9-2-3-14-7-16(9)12/h2-4,6-7H,1H3/q+2. The average Bonchev–Trinajstić information content (AvgIpc) is 2.44. The van der Waals surface area contributed by atoms with Crippen LogP contribution in [0.4, 0.5) is 0 Å². The van der Waals surface area contributed by atoms with Crippen molar-refractivity contribution in [2.24, 2.45) is 4.99 Å². The molecule has 80 valence electrons. The van der Waals surface area contributed by atoms with Gasteiger partial charge in [-0.05, 0) is 0 Å². The minimum Gasteiger partial charge on any atom is -0.249 e. The largest absolute Gasteiger partial charge is 0.295 e. The highest BCUT2D eigenvalue weighted by Gasteiger charge is 2.19. The summed E-state index contributed by atoms with van der Waals surface area (Å²) in [4.78, 5) is 8.22. The second-order valence-corrected chi connectivity index (χ2v) is 5.14. The highest BCUT2D eigenvalue weighted by atomic mass is 127. The zero-order valence-electron chi connectivity index (χ0n) is 8.43. The van der Waals surface area contributed by atoms with Crippen molar-refractivity contribution in [3.63, 3.8) is 0 Å². The van der Waals surface area contributed by atoms with Gasteiger partial charge >= 0.3 is 0 Å². The third kappa shape index (κ3) is 2.38. The van der Waals surface area contributed by atoms with Crippen LogP contribution in [0.3, 0.4) is 0 Å². The predicted molar refractivity (Wildman–Crippen MR) is 79.0 cm³/mol. The molecule has 4 nitrogen and oxygen atoms in total. The average molecular weight is 438 g/mol. The molecule has 0 bridgehead atoms. The maximum Gasteiger partial charge on any atom is 0.295 e. The maximum atomic E-state index is 4.17. The zero-order chi connectivity index (χ0) is 11.5. The third-order valence-corrected chi connectivity index (χ3v) is 4.11. The van der Waals surface area contributed by atoms with E-state index in [0.29, 0.717) is 0 Å². The number of aromatic nitrogens is 2. The van der Waals surface area contributed by atoms with Crippen LogP contribution in [0.15, 0.2) is 33.5 Å². The second-order valence-electron chi connectivity index (χ2n) is 3.08. The summed E-state index contributed by atoms with van der Waals surface area (Å²) in [5.74, 6) is 3.03. The first-order valence-electron chi connectivity index (χ1n) is 4.47. The van der Waals surface area contributed by atoms with Gasteiger partial charge in [0, 0.05) is 34.9 Å². The van der Waals surface area contributed by atoms with E-state index in [2.05, 4.69) is 61.3 Å². The number of halogens is 2. The third-order valence-electron chi connectivity index (χ3n) is 2.04. The summed E-state index contributed by atoms with van der Waals surface area (Å²) < 4.78 is 4.93. The van der Waals surface area contributed by atoms with Gasteiger partial charge < -0.3 is 0 Å². The Kier molecular flexibility index (Phi) is 3.82. The highest BCUT2D eigenvalue weighted by molar-refractivity contribution is 14.1. The van der Waals surface area contributed by atoms with Crippen LogP contribution in [0.5, 0.6) is 0 Å². The second kappa shape index (κ2) is 5.15. The van der Waals surface area contributed by atoms with Crippen LogP contribution in [0.2, 0.25) is 0 Å². The van der Waals surface area contributed by atoms with Gasteiger partial charge in [-0.25, -0.2) is 4.99 Å². The van der Waals surface area contributed by atoms with Crippen LogP contribution in [0.1, 0.15) is 5.69 Å². The van der Waals surface area contributed by atoms with Crippen molar-refractivity contribution in [2.75, 3.05) is 7.05 Å². The Morgan fingerprint density at radius 2 is 2.25 bits per heavy atom. The molecule has 2 rings (SSSR count). The zero-order valence-corrected chi connectivity index (χ0v) is 12.7. The van der Waals surface area contributed by atoms with Crippen molar-refractivity contribution < 1.29 is 7.36 Å². The van der Waals surface area contributed by atoms with Crippen LogP contribution in [0.25, 0.3) is 5.57 Å². The normalized spacial score (nSPS) is 15.1. The monoisotopic (exact) mass is 438 g/mol. The number of allylic oxidation sites excluding steroid dienone is 1. The van der Waals surface area contributed by atoms with E-state index >= 15 is 0 Å². The van der Waals surface area contributed by atoms with Gasteiger partial charge in [0.1, 0.15) is 25.0 Å². The summed E-state index contributed by atoms with van der Waals surface area (Å²) in [6.45, 7) is 0. The number of aliphatic imine (C=N–C) groups is 1. The number of hydrogen-bond donors (Lipinski definition) is 0. The molecular weight excluding hydrogens is 430 g/mol. The van der Waals surface area contributed by atoms with E-state index in [4.69, 9.17) is 0 Å². The van der Waals surface area contributed by atoms with Gasteiger partial charge in [0.05, 0.1) is 0 Å². The molecule has 1 aromatic rings. The molecule has 1 aromatic heterocycles. The highest BCUT2D eigenvalue weighted by Crippen LogP contribution is 2.20. The molecule has 0 saturated heterocycles. The molecule has 2 heterocycles. The number of rotatable bonds is 1. The van der Waals surface area contributed by atoms with E-state index in [1.165, 1.54) is 0 Å². The minimum atomic E-state index is 1.06. The van der Waals surface area contributed by atoms with Gasteiger partial charge in [-0.15, -0.1) is 4.58 Å². The van der Waals surface area contributed by atoms with Crippen molar-refractivity contribution in [2.45, 2.75) is 0 Å². The Morgan fingerprint density at radius 3 is 3.00 bits per heavy atom. The summed E-state index contributed by atoms with van der Waals surface area (Å²) >= 11 is 4.48. The van der Waals surface area contributed by atoms with Gasteiger partial charge in [0.15, 0.2) is 11.6 Å². The Labute approximate surface area is 121 Å². The van der Waals surface area contributed by atoms with Crippen molar-refractivity contribution in [3.8, 4) is 0 Å². The Hall–Kier alpha value is -0.600. The summed E-state index contributed by atoms with van der Waals surface area (Å²) in [5.41, 5.74) is 2.12. The number of nitrogens with zero attached hydrogens (tertiary/aromatic N) is 4. The Morgan fingerprint density at radius 1 is 1.44 bits per heavy atom. The Balaban J connectivity index is 2.62. The summed E-state index contributed by atoms with van der Waals surface area (Å²) in [6.07, 6.45) is 7.03. The summed E-state index contributed by atoms with van der Waals surface area (Å²) in [5, 5.41) is 0. The van der Waals surface area contributed by atoms with Gasteiger partial charge in [0.25, 0.3) is 10.0 Å². The number of hydrogen-bond acceptors (Lipinski definition) is 2. The fourth-order valence-corrected chi connectivity index (χ4v) is 2.36. The molecule has 0 fully saturated rings. The van der Waals surface area contributed by atoms with Gasteiger partial charge in [0.2, 0.25) is 22.9 Å². The molecule has 1 aliphatic heterocycles. The first-order valence-corrected chi connectivity index (χ1v) is 6.51. The van der Waals surface area contributed by atoms with Crippen LogP contribution in [-0.2, 0) is 0 Å². The molecule has 0 unspecified atom stereocenters. The van der Waals surface area contributed by atoms with Crippen LogP contribution >= 0.6 is 45.5 Å².